The molecule has 2 heterocycles. The lowest BCUT2D eigenvalue weighted by Crippen LogP contribution is -2.21. The first-order valence-electron chi connectivity index (χ1n) is 7.50. The number of ether oxygens (including phenoxy) is 1. The van der Waals surface area contributed by atoms with Crippen LogP contribution in [-0.2, 0) is 12.4 Å². The summed E-state index contributed by atoms with van der Waals surface area (Å²) in [5, 5.41) is 6.24. The van der Waals surface area contributed by atoms with Crippen molar-refractivity contribution < 1.29 is 31.1 Å². The number of aromatic amines is 1. The van der Waals surface area contributed by atoms with Crippen molar-refractivity contribution in [2.24, 2.45) is 0 Å². The Morgan fingerprint density at radius 3 is 2.31 bits per heavy atom. The van der Waals surface area contributed by atoms with Gasteiger partial charge in [-0.3, -0.25) is 4.79 Å². The Labute approximate surface area is 162 Å². The highest BCUT2D eigenvalue weighted by Crippen LogP contribution is 2.39. The normalized spacial score (nSPS) is 12.1. The van der Waals surface area contributed by atoms with E-state index in [0.29, 0.717) is 6.07 Å². The van der Waals surface area contributed by atoms with Crippen LogP contribution in [0.25, 0.3) is 11.4 Å². The molecule has 0 aliphatic heterocycles. The van der Waals surface area contributed by atoms with Gasteiger partial charge in [0.2, 0.25) is 5.75 Å². The van der Waals surface area contributed by atoms with E-state index in [4.69, 9.17) is 16.3 Å². The summed E-state index contributed by atoms with van der Waals surface area (Å²) in [4.78, 5) is 17.6. The Bertz CT molecular complexity index is 1100. The van der Waals surface area contributed by atoms with Crippen LogP contribution in [0.2, 0.25) is 5.02 Å². The van der Waals surface area contributed by atoms with Gasteiger partial charge in [-0.25, -0.2) is 4.98 Å². The molecule has 2 aromatic heterocycles. The number of aromatic nitrogens is 4. The summed E-state index contributed by atoms with van der Waals surface area (Å²) in [5.74, 6) is -2.48. The zero-order valence-corrected chi connectivity index (χ0v) is 14.5. The zero-order valence-electron chi connectivity index (χ0n) is 13.8. The first kappa shape index (κ1) is 20.6. The molecule has 0 saturated carbocycles. The van der Waals surface area contributed by atoms with Crippen molar-refractivity contribution in [3.8, 4) is 22.9 Å². The third-order valence-electron chi connectivity index (χ3n) is 3.47. The highest BCUT2D eigenvalue weighted by molar-refractivity contribution is 6.31. The largest absolute Gasteiger partial charge is 0.449 e. The molecule has 3 aromatic rings. The summed E-state index contributed by atoms with van der Waals surface area (Å²) >= 11 is 5.46. The maximum atomic E-state index is 13.4. The molecule has 0 spiro atoms. The second kappa shape index (κ2) is 7.35. The Morgan fingerprint density at radius 1 is 1.00 bits per heavy atom. The Balaban J connectivity index is 2.12. The maximum Gasteiger partial charge on any atom is 0.437 e. The summed E-state index contributed by atoms with van der Waals surface area (Å²) in [6.07, 6.45) is -7.79. The van der Waals surface area contributed by atoms with Crippen molar-refractivity contribution in [3.63, 3.8) is 0 Å². The minimum absolute atomic E-state index is 0.0278. The van der Waals surface area contributed by atoms with E-state index in [1.54, 1.807) is 0 Å². The van der Waals surface area contributed by atoms with E-state index in [0.717, 1.165) is 18.3 Å². The lowest BCUT2D eigenvalue weighted by Gasteiger charge is -2.15. The highest BCUT2D eigenvalue weighted by atomic mass is 35.5. The number of hydrogen-bond acceptors (Lipinski definition) is 5. The van der Waals surface area contributed by atoms with Gasteiger partial charge in [-0.05, 0) is 24.3 Å². The molecule has 0 aliphatic carbocycles. The summed E-state index contributed by atoms with van der Waals surface area (Å²) in [5.41, 5.74) is -4.40. The number of nitrogens with zero attached hydrogens (tertiary/aromatic N) is 3. The van der Waals surface area contributed by atoms with Gasteiger partial charge in [-0.1, -0.05) is 11.6 Å². The van der Waals surface area contributed by atoms with Crippen LogP contribution in [0.15, 0.2) is 41.5 Å². The van der Waals surface area contributed by atoms with Gasteiger partial charge in [-0.2, -0.15) is 36.5 Å². The summed E-state index contributed by atoms with van der Waals surface area (Å²) in [7, 11) is 0. The van der Waals surface area contributed by atoms with Crippen LogP contribution in [0.5, 0.6) is 11.5 Å². The Hall–Kier alpha value is -3.15. The predicted octanol–water partition coefficient (Wildman–Crippen LogP) is 4.71. The maximum absolute atomic E-state index is 13.4. The van der Waals surface area contributed by atoms with E-state index in [9.17, 15) is 31.1 Å². The van der Waals surface area contributed by atoms with Crippen LogP contribution < -0.4 is 10.3 Å². The van der Waals surface area contributed by atoms with Crippen LogP contribution in [0, 0.1) is 0 Å². The summed E-state index contributed by atoms with van der Waals surface area (Å²) in [6, 6.07) is 3.30. The molecule has 152 valence electrons. The fourth-order valence-electron chi connectivity index (χ4n) is 2.22. The minimum Gasteiger partial charge on any atom is -0.449 e. The zero-order chi connectivity index (χ0) is 21.4. The molecule has 29 heavy (non-hydrogen) atoms. The average molecular weight is 437 g/mol. The number of H-pyrrole nitrogens is 1. The van der Waals surface area contributed by atoms with Crippen molar-refractivity contribution in [1.29, 1.82) is 0 Å². The molecule has 1 N–H and O–H groups in total. The number of rotatable bonds is 3. The molecule has 0 radical (unpaired) electrons. The third-order valence-corrected chi connectivity index (χ3v) is 3.80. The lowest BCUT2D eigenvalue weighted by atomic mass is 10.2. The Morgan fingerprint density at radius 2 is 1.72 bits per heavy atom. The smallest absolute Gasteiger partial charge is 0.437 e. The summed E-state index contributed by atoms with van der Waals surface area (Å²) in [6.45, 7) is 0. The van der Waals surface area contributed by atoms with Gasteiger partial charge in [0.15, 0.2) is 5.69 Å². The number of halogens is 7. The van der Waals surface area contributed by atoms with Crippen molar-refractivity contribution in [1.82, 2.24) is 20.2 Å². The van der Waals surface area contributed by atoms with E-state index in [2.05, 4.69) is 20.2 Å². The van der Waals surface area contributed by atoms with Gasteiger partial charge in [0.25, 0.3) is 5.56 Å². The van der Waals surface area contributed by atoms with E-state index in [1.165, 1.54) is 12.3 Å². The molecule has 13 heteroatoms. The van der Waals surface area contributed by atoms with Crippen LogP contribution in [0.1, 0.15) is 11.3 Å². The lowest BCUT2D eigenvalue weighted by molar-refractivity contribution is -0.142. The van der Waals surface area contributed by atoms with Crippen LogP contribution in [-0.4, -0.2) is 20.2 Å². The van der Waals surface area contributed by atoms with Gasteiger partial charge in [-0.15, -0.1) is 0 Å². The van der Waals surface area contributed by atoms with Crippen LogP contribution in [0.3, 0.4) is 0 Å². The van der Waals surface area contributed by atoms with Crippen molar-refractivity contribution in [2.45, 2.75) is 12.4 Å². The third kappa shape index (κ3) is 4.47. The first-order chi connectivity index (χ1) is 13.5. The summed E-state index contributed by atoms with van der Waals surface area (Å²) < 4.78 is 84.0. The second-order valence-electron chi connectivity index (χ2n) is 5.46. The molecule has 1 aromatic carbocycles. The highest BCUT2D eigenvalue weighted by Gasteiger charge is 2.39. The van der Waals surface area contributed by atoms with Gasteiger partial charge >= 0.3 is 12.4 Å². The van der Waals surface area contributed by atoms with Gasteiger partial charge in [0.05, 0.1) is 23.0 Å². The van der Waals surface area contributed by atoms with E-state index in [-0.39, 0.29) is 5.56 Å². The molecule has 0 aliphatic rings. The van der Waals surface area contributed by atoms with E-state index in [1.807, 2.05) is 0 Å². The second-order valence-corrected chi connectivity index (χ2v) is 5.87. The van der Waals surface area contributed by atoms with Crippen molar-refractivity contribution >= 4 is 11.6 Å². The molecule has 0 atom stereocenters. The van der Waals surface area contributed by atoms with Crippen molar-refractivity contribution in [2.75, 3.05) is 0 Å². The monoisotopic (exact) mass is 436 g/mol. The molecule has 0 amide bonds. The van der Waals surface area contributed by atoms with Gasteiger partial charge < -0.3 is 9.72 Å². The molecule has 0 saturated heterocycles. The van der Waals surface area contributed by atoms with E-state index >= 15 is 0 Å². The van der Waals surface area contributed by atoms with Gasteiger partial charge in [0.1, 0.15) is 11.6 Å². The molecular formula is C16H7ClF6N4O2. The molecule has 0 unspecified atom stereocenters. The Kier molecular flexibility index (Phi) is 5.22. The standard InChI is InChI=1S/C16H7ClF6N4O2/c17-10-2-1-8(5-9(10)15(18,19)20)29-11-12(16(21,22)23)26-13(27-14(11)28)7-3-4-24-25-6-7/h1-6H,(H,26,27,28). The van der Waals surface area contributed by atoms with Crippen molar-refractivity contribution in [3.05, 3.63) is 63.3 Å². The van der Waals surface area contributed by atoms with E-state index < -0.39 is 51.5 Å². The van der Waals surface area contributed by atoms with Crippen LogP contribution in [0.4, 0.5) is 26.3 Å². The topological polar surface area (TPSA) is 80.8 Å². The quantitative estimate of drug-likeness (QED) is 0.601. The number of alkyl halides is 6. The molecule has 3 rings (SSSR count). The number of nitrogens with one attached hydrogen (secondary N) is 1. The fourth-order valence-corrected chi connectivity index (χ4v) is 2.44. The number of benzene rings is 1. The molecule has 0 bridgehead atoms. The first-order valence-corrected chi connectivity index (χ1v) is 7.88. The predicted molar refractivity (Wildman–Crippen MR) is 87.4 cm³/mol. The van der Waals surface area contributed by atoms with Crippen LogP contribution >= 0.6 is 11.6 Å². The molecule has 6 nitrogen and oxygen atoms in total. The number of hydrogen-bond donors (Lipinski definition) is 1. The SMILES string of the molecule is O=c1[nH]c(-c2ccnnc2)nc(C(F)(F)F)c1Oc1ccc(Cl)c(C(F)(F)F)c1. The minimum atomic E-state index is -5.14. The molecular weight excluding hydrogens is 430 g/mol. The average Bonchev–Trinajstić information content (AvgIpc) is 2.63. The van der Waals surface area contributed by atoms with Gasteiger partial charge in [0, 0.05) is 5.56 Å². The molecule has 0 fully saturated rings. The fraction of sp³-hybridized carbons (Fsp3) is 0.125.